The van der Waals surface area contributed by atoms with E-state index in [0.717, 1.165) is 12.1 Å². The fourth-order valence-corrected chi connectivity index (χ4v) is 3.36. The maximum atomic E-state index is 13.0. The number of ether oxygens (including phenoxy) is 1. The number of rotatable bonds is 6. The number of carboxylic acid groups (broad SMARTS) is 1. The van der Waals surface area contributed by atoms with E-state index in [1.54, 1.807) is 11.8 Å². The molecule has 2 aromatic rings. The molecule has 9 heteroatoms. The molecule has 1 amide bonds. The van der Waals surface area contributed by atoms with Crippen molar-refractivity contribution in [2.24, 2.45) is 5.92 Å². The van der Waals surface area contributed by atoms with Gasteiger partial charge >= 0.3 is 11.9 Å². The van der Waals surface area contributed by atoms with Crippen LogP contribution >= 0.6 is 0 Å². The van der Waals surface area contributed by atoms with Gasteiger partial charge in [0.05, 0.1) is 24.4 Å². The molecular weight excluding hydrogens is 393 g/mol. The van der Waals surface area contributed by atoms with Crippen molar-refractivity contribution in [1.29, 1.82) is 0 Å². The van der Waals surface area contributed by atoms with E-state index >= 15 is 0 Å². The third-order valence-electron chi connectivity index (χ3n) is 4.80. The summed E-state index contributed by atoms with van der Waals surface area (Å²) in [7, 11) is 0. The molecule has 1 aliphatic heterocycles. The number of aromatic carboxylic acids is 1. The summed E-state index contributed by atoms with van der Waals surface area (Å²) in [6, 6.07) is 6.30. The van der Waals surface area contributed by atoms with E-state index < -0.39 is 17.7 Å². The van der Waals surface area contributed by atoms with Gasteiger partial charge in [0.1, 0.15) is 17.2 Å². The number of carboxylic acids is 1. The van der Waals surface area contributed by atoms with Crippen molar-refractivity contribution in [1.82, 2.24) is 4.98 Å². The molecule has 1 aromatic carbocycles. The second-order valence-corrected chi connectivity index (χ2v) is 6.90. The predicted octanol–water partition coefficient (Wildman–Crippen LogP) is 2.95. The number of aromatic nitrogens is 1. The molecule has 0 aliphatic carbocycles. The highest BCUT2D eigenvalue weighted by Crippen LogP contribution is 2.27. The zero-order valence-electron chi connectivity index (χ0n) is 16.4. The molecule has 3 rings (SSSR count). The highest BCUT2D eigenvalue weighted by molar-refractivity contribution is 6.05. The molecule has 0 spiro atoms. The number of carbonyl (C=O) groups excluding carboxylic acids is 2. The van der Waals surface area contributed by atoms with Gasteiger partial charge in [0, 0.05) is 18.7 Å². The number of hydrogen-bond acceptors (Lipinski definition) is 6. The number of hydrogen-bond donors (Lipinski definition) is 2. The third-order valence-corrected chi connectivity index (χ3v) is 4.80. The Labute approximate surface area is 172 Å². The van der Waals surface area contributed by atoms with Crippen LogP contribution in [0.3, 0.4) is 0 Å². The average Bonchev–Trinajstić information content (AvgIpc) is 2.74. The Morgan fingerprint density at radius 3 is 2.70 bits per heavy atom. The molecule has 1 fully saturated rings. The van der Waals surface area contributed by atoms with Crippen molar-refractivity contribution in [3.05, 3.63) is 53.5 Å². The van der Waals surface area contributed by atoms with Gasteiger partial charge < -0.3 is 20.1 Å². The maximum Gasteiger partial charge on any atom is 0.339 e. The van der Waals surface area contributed by atoms with Crippen LogP contribution in [0.25, 0.3) is 0 Å². The molecule has 0 bridgehead atoms. The summed E-state index contributed by atoms with van der Waals surface area (Å²) in [5, 5.41) is 12.2. The SMILES string of the molecule is CCOC(=O)[C@H]1CCCN(c2ncc(NC(=O)c3ccc(F)cc3)cc2C(=O)O)C1. The normalized spacial score (nSPS) is 16.1. The van der Waals surface area contributed by atoms with E-state index in [1.165, 1.54) is 24.4 Å². The fraction of sp³-hybridized carbons (Fsp3) is 0.333. The molecule has 30 heavy (non-hydrogen) atoms. The Morgan fingerprint density at radius 1 is 1.30 bits per heavy atom. The first-order valence-electron chi connectivity index (χ1n) is 9.61. The van der Waals surface area contributed by atoms with E-state index in [9.17, 15) is 23.9 Å². The first-order chi connectivity index (χ1) is 14.4. The van der Waals surface area contributed by atoms with Gasteiger partial charge in [0.15, 0.2) is 0 Å². The quantitative estimate of drug-likeness (QED) is 0.698. The van der Waals surface area contributed by atoms with Crippen molar-refractivity contribution in [2.75, 3.05) is 29.9 Å². The van der Waals surface area contributed by atoms with Crippen molar-refractivity contribution in [3.63, 3.8) is 0 Å². The summed E-state index contributed by atoms with van der Waals surface area (Å²) in [5.74, 6) is -2.60. The third kappa shape index (κ3) is 4.91. The highest BCUT2D eigenvalue weighted by Gasteiger charge is 2.29. The number of halogens is 1. The van der Waals surface area contributed by atoms with Gasteiger partial charge in [-0.15, -0.1) is 0 Å². The van der Waals surface area contributed by atoms with Crippen molar-refractivity contribution < 1.29 is 28.6 Å². The molecule has 1 aromatic heterocycles. The van der Waals surface area contributed by atoms with Gasteiger partial charge in [-0.1, -0.05) is 0 Å². The zero-order chi connectivity index (χ0) is 21.7. The summed E-state index contributed by atoms with van der Waals surface area (Å²) in [6.45, 7) is 2.90. The lowest BCUT2D eigenvalue weighted by Gasteiger charge is -2.33. The van der Waals surface area contributed by atoms with E-state index in [0.29, 0.717) is 25.9 Å². The van der Waals surface area contributed by atoms with Crippen molar-refractivity contribution in [2.45, 2.75) is 19.8 Å². The lowest BCUT2D eigenvalue weighted by atomic mass is 9.98. The van der Waals surface area contributed by atoms with E-state index in [2.05, 4.69) is 10.3 Å². The summed E-state index contributed by atoms with van der Waals surface area (Å²) < 4.78 is 18.1. The van der Waals surface area contributed by atoms with Gasteiger partial charge in [0.2, 0.25) is 0 Å². The maximum absolute atomic E-state index is 13.0. The molecule has 8 nitrogen and oxygen atoms in total. The van der Waals surface area contributed by atoms with Crippen LogP contribution in [-0.2, 0) is 9.53 Å². The monoisotopic (exact) mass is 415 g/mol. The molecule has 0 saturated carbocycles. The summed E-state index contributed by atoms with van der Waals surface area (Å²) in [4.78, 5) is 42.2. The largest absolute Gasteiger partial charge is 0.478 e. The van der Waals surface area contributed by atoms with Crippen LogP contribution in [0.5, 0.6) is 0 Å². The zero-order valence-corrected chi connectivity index (χ0v) is 16.4. The fourth-order valence-electron chi connectivity index (χ4n) is 3.36. The summed E-state index contributed by atoms with van der Waals surface area (Å²) >= 11 is 0. The molecule has 2 heterocycles. The number of anilines is 2. The predicted molar refractivity (Wildman–Crippen MR) is 107 cm³/mol. The van der Waals surface area contributed by atoms with Crippen LogP contribution in [0.1, 0.15) is 40.5 Å². The van der Waals surface area contributed by atoms with Gasteiger partial charge in [0.25, 0.3) is 5.91 Å². The van der Waals surface area contributed by atoms with Crippen LogP contribution in [0.15, 0.2) is 36.5 Å². The molecule has 0 unspecified atom stereocenters. The van der Waals surface area contributed by atoms with E-state index in [1.807, 2.05) is 0 Å². The molecule has 1 aliphatic rings. The Balaban J connectivity index is 1.79. The second kappa shape index (κ2) is 9.34. The number of nitrogens with one attached hydrogen (secondary N) is 1. The first kappa shape index (κ1) is 21.2. The first-order valence-corrected chi connectivity index (χ1v) is 9.61. The number of amides is 1. The minimum atomic E-state index is -1.20. The number of esters is 1. The Bertz CT molecular complexity index is 948. The standard InChI is InChI=1S/C21H22FN3O5/c1-2-30-21(29)14-4-3-9-25(12-14)18-17(20(27)28)10-16(11-23-18)24-19(26)13-5-7-15(22)8-6-13/h5-8,10-11,14H,2-4,9,12H2,1H3,(H,24,26)(H,27,28)/t14-/m0/s1. The average molecular weight is 415 g/mol. The van der Waals surface area contributed by atoms with Crippen LogP contribution in [0, 0.1) is 11.7 Å². The van der Waals surface area contributed by atoms with Gasteiger partial charge in [-0.25, -0.2) is 14.2 Å². The van der Waals surface area contributed by atoms with Crippen LogP contribution in [-0.4, -0.2) is 47.6 Å². The van der Waals surface area contributed by atoms with Crippen molar-refractivity contribution in [3.8, 4) is 0 Å². The number of benzene rings is 1. The molecule has 1 atom stereocenters. The topological polar surface area (TPSA) is 109 Å². The van der Waals surface area contributed by atoms with Crippen LogP contribution in [0.4, 0.5) is 15.9 Å². The Kier molecular flexibility index (Phi) is 6.61. The number of pyridine rings is 1. The van der Waals surface area contributed by atoms with Gasteiger partial charge in [-0.3, -0.25) is 9.59 Å². The molecule has 2 N–H and O–H groups in total. The summed E-state index contributed by atoms with van der Waals surface area (Å²) in [6.07, 6.45) is 2.73. The minimum absolute atomic E-state index is 0.0867. The molecule has 1 saturated heterocycles. The lowest BCUT2D eigenvalue weighted by Crippen LogP contribution is -2.40. The molecular formula is C21H22FN3O5. The number of nitrogens with zero attached hydrogens (tertiary/aromatic N) is 2. The molecule has 0 radical (unpaired) electrons. The second-order valence-electron chi connectivity index (χ2n) is 6.90. The Morgan fingerprint density at radius 2 is 2.03 bits per heavy atom. The lowest BCUT2D eigenvalue weighted by molar-refractivity contribution is -0.148. The highest BCUT2D eigenvalue weighted by atomic mass is 19.1. The van der Waals surface area contributed by atoms with Crippen molar-refractivity contribution >= 4 is 29.4 Å². The van der Waals surface area contributed by atoms with E-state index in [-0.39, 0.29) is 41.1 Å². The molecule has 158 valence electrons. The smallest absolute Gasteiger partial charge is 0.339 e. The van der Waals surface area contributed by atoms with Gasteiger partial charge in [-0.05, 0) is 50.1 Å². The minimum Gasteiger partial charge on any atom is -0.478 e. The van der Waals surface area contributed by atoms with E-state index in [4.69, 9.17) is 4.74 Å². The number of piperidine rings is 1. The number of carbonyl (C=O) groups is 3. The Hall–Kier alpha value is -3.49. The van der Waals surface area contributed by atoms with Crippen LogP contribution < -0.4 is 10.2 Å². The van der Waals surface area contributed by atoms with Crippen LogP contribution in [0.2, 0.25) is 0 Å². The van der Waals surface area contributed by atoms with Gasteiger partial charge in [-0.2, -0.15) is 0 Å². The summed E-state index contributed by atoms with van der Waals surface area (Å²) in [5.41, 5.74) is 0.339.